The highest BCUT2D eigenvalue weighted by molar-refractivity contribution is 7.17. The van der Waals surface area contributed by atoms with Crippen LogP contribution in [0.3, 0.4) is 0 Å². The molecule has 0 atom stereocenters. The van der Waals surface area contributed by atoms with Crippen molar-refractivity contribution in [3.63, 3.8) is 0 Å². The summed E-state index contributed by atoms with van der Waals surface area (Å²) >= 11 is 1.26. The summed E-state index contributed by atoms with van der Waals surface area (Å²) < 4.78 is 11.3. The average molecular weight is 393 g/mol. The molecule has 11 heteroatoms. The van der Waals surface area contributed by atoms with E-state index in [0.717, 1.165) is 10.4 Å². The van der Waals surface area contributed by atoms with E-state index in [4.69, 9.17) is 9.47 Å². The molecule has 3 heterocycles. The Morgan fingerprint density at radius 3 is 2.85 bits per heavy atom. The molecule has 0 saturated carbocycles. The molecule has 0 bridgehead atoms. The van der Waals surface area contributed by atoms with Crippen LogP contribution in [0.2, 0.25) is 0 Å². The molecule has 2 aromatic rings. The molecule has 0 spiro atoms. The van der Waals surface area contributed by atoms with Gasteiger partial charge in [0.15, 0.2) is 0 Å². The number of methoxy groups -OCH3 is 1. The van der Waals surface area contributed by atoms with E-state index < -0.39 is 12.1 Å². The van der Waals surface area contributed by atoms with Gasteiger partial charge in [-0.2, -0.15) is 5.10 Å². The molecule has 1 aliphatic rings. The Hall–Kier alpha value is -2.95. The van der Waals surface area contributed by atoms with E-state index >= 15 is 0 Å². The van der Waals surface area contributed by atoms with Gasteiger partial charge in [-0.25, -0.2) is 19.3 Å². The minimum Gasteiger partial charge on any atom is -0.465 e. The molecule has 1 aliphatic heterocycles. The standard InChI is InChI=1S/C16H19N5O5S/c1-3-26-16(24)20-5-4-10-11(6-20)27-14(13(10)15(23)25-2)19-12(22)7-21-9-17-8-18-21/h8-9H,3-7H2,1-2H3,(H,19,22). The van der Waals surface area contributed by atoms with Crippen molar-refractivity contribution in [2.45, 2.75) is 26.4 Å². The third-order valence-electron chi connectivity index (χ3n) is 4.00. The number of ether oxygens (including phenoxy) is 2. The lowest BCUT2D eigenvalue weighted by atomic mass is 10.0. The van der Waals surface area contributed by atoms with Crippen molar-refractivity contribution in [2.75, 3.05) is 25.6 Å². The monoisotopic (exact) mass is 393 g/mol. The number of nitrogens with one attached hydrogen (secondary N) is 1. The number of anilines is 1. The number of hydrogen-bond donors (Lipinski definition) is 1. The highest BCUT2D eigenvalue weighted by Gasteiger charge is 2.31. The van der Waals surface area contributed by atoms with Gasteiger partial charge in [0.05, 0.1) is 25.8 Å². The van der Waals surface area contributed by atoms with Gasteiger partial charge in [-0.15, -0.1) is 11.3 Å². The molecule has 1 N–H and O–H groups in total. The first-order chi connectivity index (χ1) is 13.0. The fraction of sp³-hybridized carbons (Fsp3) is 0.438. The maximum Gasteiger partial charge on any atom is 0.410 e. The third kappa shape index (κ3) is 4.08. The van der Waals surface area contributed by atoms with Crippen molar-refractivity contribution in [3.8, 4) is 0 Å². The van der Waals surface area contributed by atoms with Crippen LogP contribution < -0.4 is 5.32 Å². The second-order valence-electron chi connectivity index (χ2n) is 5.71. The zero-order valence-corrected chi connectivity index (χ0v) is 15.7. The topological polar surface area (TPSA) is 116 Å². The van der Waals surface area contributed by atoms with Gasteiger partial charge in [0.1, 0.15) is 24.2 Å². The predicted molar refractivity (Wildman–Crippen MR) is 95.4 cm³/mol. The summed E-state index contributed by atoms with van der Waals surface area (Å²) in [5.41, 5.74) is 1.14. The summed E-state index contributed by atoms with van der Waals surface area (Å²) in [4.78, 5) is 42.7. The van der Waals surface area contributed by atoms with Crippen LogP contribution >= 0.6 is 11.3 Å². The number of nitrogens with zero attached hydrogens (tertiary/aromatic N) is 4. The van der Waals surface area contributed by atoms with Gasteiger partial charge in [0.2, 0.25) is 5.91 Å². The molecule has 0 radical (unpaired) electrons. The Bertz CT molecular complexity index is 848. The first kappa shape index (κ1) is 18.8. The Morgan fingerprint density at radius 2 is 2.19 bits per heavy atom. The molecule has 2 amide bonds. The Labute approximate surface area is 159 Å². The van der Waals surface area contributed by atoms with Gasteiger partial charge < -0.3 is 19.7 Å². The van der Waals surface area contributed by atoms with Crippen LogP contribution in [0, 0.1) is 0 Å². The maximum atomic E-state index is 12.3. The number of esters is 1. The lowest BCUT2D eigenvalue weighted by Gasteiger charge is -2.26. The Morgan fingerprint density at radius 1 is 1.37 bits per heavy atom. The summed E-state index contributed by atoms with van der Waals surface area (Å²) in [7, 11) is 1.29. The van der Waals surface area contributed by atoms with Crippen LogP contribution in [0.5, 0.6) is 0 Å². The third-order valence-corrected chi connectivity index (χ3v) is 5.13. The summed E-state index contributed by atoms with van der Waals surface area (Å²) in [5.74, 6) is -0.861. The number of thiophene rings is 1. The van der Waals surface area contributed by atoms with Gasteiger partial charge >= 0.3 is 12.1 Å². The number of fused-ring (bicyclic) bond motifs is 1. The molecule has 0 unspecified atom stereocenters. The second-order valence-corrected chi connectivity index (χ2v) is 6.82. The minimum atomic E-state index is -0.520. The van der Waals surface area contributed by atoms with Crippen LogP contribution in [-0.2, 0) is 33.8 Å². The molecule has 144 valence electrons. The minimum absolute atomic E-state index is 0.0296. The fourth-order valence-corrected chi connectivity index (χ4v) is 4.08. The summed E-state index contributed by atoms with van der Waals surface area (Å²) in [6.45, 7) is 2.76. The molecule has 2 aromatic heterocycles. The molecular weight excluding hydrogens is 374 g/mol. The summed E-state index contributed by atoms with van der Waals surface area (Å²) in [5, 5.41) is 7.03. The maximum absolute atomic E-state index is 12.3. The molecule has 0 saturated heterocycles. The number of rotatable bonds is 5. The zero-order chi connectivity index (χ0) is 19.4. The first-order valence-electron chi connectivity index (χ1n) is 8.30. The van der Waals surface area contributed by atoms with Crippen LogP contribution in [-0.4, -0.2) is 57.9 Å². The van der Waals surface area contributed by atoms with E-state index in [1.165, 1.54) is 35.8 Å². The van der Waals surface area contributed by atoms with E-state index in [2.05, 4.69) is 15.4 Å². The molecule has 0 fully saturated rings. The number of aromatic nitrogens is 3. The van der Waals surface area contributed by atoms with Gasteiger partial charge in [0, 0.05) is 11.4 Å². The quantitative estimate of drug-likeness (QED) is 0.761. The number of amides is 2. The van der Waals surface area contributed by atoms with Crippen LogP contribution in [0.4, 0.5) is 9.80 Å². The van der Waals surface area contributed by atoms with Gasteiger partial charge in [0.25, 0.3) is 0 Å². The fourth-order valence-electron chi connectivity index (χ4n) is 2.81. The van der Waals surface area contributed by atoms with Gasteiger partial charge in [-0.05, 0) is 18.9 Å². The Kier molecular flexibility index (Phi) is 5.69. The van der Waals surface area contributed by atoms with Crippen molar-refractivity contribution < 1.29 is 23.9 Å². The van der Waals surface area contributed by atoms with E-state index in [-0.39, 0.29) is 12.5 Å². The van der Waals surface area contributed by atoms with Crippen LogP contribution in [0.1, 0.15) is 27.7 Å². The largest absolute Gasteiger partial charge is 0.465 e. The van der Waals surface area contributed by atoms with Crippen molar-refractivity contribution in [3.05, 3.63) is 28.7 Å². The molecular formula is C16H19N5O5S. The summed E-state index contributed by atoms with van der Waals surface area (Å²) in [6, 6.07) is 0. The molecule has 27 heavy (non-hydrogen) atoms. The zero-order valence-electron chi connectivity index (χ0n) is 14.9. The molecule has 0 aliphatic carbocycles. The highest BCUT2D eigenvalue weighted by atomic mass is 32.1. The van der Waals surface area contributed by atoms with Crippen molar-refractivity contribution in [1.82, 2.24) is 19.7 Å². The second kappa shape index (κ2) is 8.16. The van der Waals surface area contributed by atoms with E-state index in [9.17, 15) is 14.4 Å². The summed E-state index contributed by atoms with van der Waals surface area (Å²) in [6.07, 6.45) is 2.85. The molecule has 0 aromatic carbocycles. The van der Waals surface area contributed by atoms with E-state index in [0.29, 0.717) is 36.7 Å². The van der Waals surface area contributed by atoms with Crippen molar-refractivity contribution in [1.29, 1.82) is 0 Å². The SMILES string of the molecule is CCOC(=O)N1CCc2c(sc(NC(=O)Cn3cncn3)c2C(=O)OC)C1. The van der Waals surface area contributed by atoms with Gasteiger partial charge in [-0.3, -0.25) is 4.79 Å². The number of carbonyl (C=O) groups is 3. The normalized spacial score (nSPS) is 13.0. The average Bonchev–Trinajstić information content (AvgIpc) is 3.27. The predicted octanol–water partition coefficient (Wildman–Crippen LogP) is 1.28. The first-order valence-corrected chi connectivity index (χ1v) is 9.12. The number of carbonyl (C=O) groups excluding carboxylic acids is 3. The van der Waals surface area contributed by atoms with E-state index in [1.54, 1.807) is 11.8 Å². The van der Waals surface area contributed by atoms with Crippen LogP contribution in [0.25, 0.3) is 0 Å². The van der Waals surface area contributed by atoms with Crippen molar-refractivity contribution >= 4 is 34.3 Å². The lowest BCUT2D eigenvalue weighted by Crippen LogP contribution is -2.36. The smallest absolute Gasteiger partial charge is 0.410 e. The van der Waals surface area contributed by atoms with Gasteiger partial charge in [-0.1, -0.05) is 0 Å². The molecule has 3 rings (SSSR count). The van der Waals surface area contributed by atoms with Crippen molar-refractivity contribution in [2.24, 2.45) is 0 Å². The Balaban J connectivity index is 1.83. The van der Waals surface area contributed by atoms with Crippen LogP contribution in [0.15, 0.2) is 12.7 Å². The number of hydrogen-bond acceptors (Lipinski definition) is 8. The lowest BCUT2D eigenvalue weighted by molar-refractivity contribution is -0.116. The molecule has 10 nitrogen and oxygen atoms in total. The van der Waals surface area contributed by atoms with E-state index in [1.807, 2.05) is 0 Å². The highest BCUT2D eigenvalue weighted by Crippen LogP contribution is 2.37.